The van der Waals surface area contributed by atoms with Crippen LogP contribution in [0.15, 0.2) is 30.6 Å². The minimum atomic E-state index is -0.368. The number of rotatable bonds is 5. The molecule has 3 rings (SSSR count). The lowest BCUT2D eigenvalue weighted by Gasteiger charge is -2.19. The van der Waals surface area contributed by atoms with Gasteiger partial charge in [0, 0.05) is 11.7 Å². The van der Waals surface area contributed by atoms with E-state index in [2.05, 4.69) is 20.6 Å². The summed E-state index contributed by atoms with van der Waals surface area (Å²) in [5.74, 6) is 0.843. The van der Waals surface area contributed by atoms with Gasteiger partial charge in [0.05, 0.1) is 12.7 Å². The number of anilines is 4. The van der Waals surface area contributed by atoms with Gasteiger partial charge in [0.1, 0.15) is 12.0 Å². The number of ether oxygens (including phenoxy) is 1. The van der Waals surface area contributed by atoms with E-state index in [0.717, 1.165) is 18.5 Å². The molecule has 1 aliphatic rings. The Labute approximate surface area is 153 Å². The van der Waals surface area contributed by atoms with Crippen molar-refractivity contribution in [3.05, 3.63) is 36.2 Å². The molecule has 1 aliphatic carbocycles. The SMILES string of the molecule is COC(=O)c1ccc(Nc2ncnc(NC3CCCCCC3)c2N)cc1. The van der Waals surface area contributed by atoms with E-state index in [1.54, 1.807) is 24.3 Å². The molecule has 0 aliphatic heterocycles. The van der Waals surface area contributed by atoms with Crippen molar-refractivity contribution in [2.45, 2.75) is 44.6 Å². The zero-order valence-corrected chi connectivity index (χ0v) is 15.0. The van der Waals surface area contributed by atoms with Crippen LogP contribution in [0.25, 0.3) is 0 Å². The van der Waals surface area contributed by atoms with Crippen LogP contribution in [0.2, 0.25) is 0 Å². The van der Waals surface area contributed by atoms with Crippen LogP contribution < -0.4 is 16.4 Å². The molecule has 1 heterocycles. The van der Waals surface area contributed by atoms with Gasteiger partial charge in [-0.15, -0.1) is 0 Å². The second kappa shape index (κ2) is 8.51. The summed E-state index contributed by atoms with van der Waals surface area (Å²) in [6.45, 7) is 0. The van der Waals surface area contributed by atoms with E-state index in [9.17, 15) is 4.79 Å². The monoisotopic (exact) mass is 355 g/mol. The Hall–Kier alpha value is -2.83. The lowest BCUT2D eigenvalue weighted by molar-refractivity contribution is 0.0601. The zero-order chi connectivity index (χ0) is 18.4. The molecule has 2 aromatic rings. The molecule has 1 aromatic heterocycles. The van der Waals surface area contributed by atoms with Crippen LogP contribution in [-0.4, -0.2) is 29.1 Å². The topological polar surface area (TPSA) is 102 Å². The average Bonchev–Trinajstić information content (AvgIpc) is 2.93. The normalized spacial score (nSPS) is 15.1. The van der Waals surface area contributed by atoms with Gasteiger partial charge in [-0.2, -0.15) is 0 Å². The Morgan fingerprint density at radius 1 is 1.08 bits per heavy atom. The standard InChI is InChI=1S/C19H25N5O2/c1-26-19(25)13-8-10-15(11-9-13)24-18-16(20)17(21-12-22-18)23-14-6-4-2-3-5-7-14/h8-12,14H,2-7,20H2,1H3,(H2,21,22,23,24). The third kappa shape index (κ3) is 4.41. The highest BCUT2D eigenvalue weighted by molar-refractivity contribution is 5.90. The van der Waals surface area contributed by atoms with Crippen molar-refractivity contribution in [3.8, 4) is 0 Å². The first-order valence-corrected chi connectivity index (χ1v) is 9.00. The number of hydrogen-bond acceptors (Lipinski definition) is 7. The fraction of sp³-hybridized carbons (Fsp3) is 0.421. The Bertz CT molecular complexity index is 740. The fourth-order valence-electron chi connectivity index (χ4n) is 3.17. The van der Waals surface area contributed by atoms with Crippen molar-refractivity contribution in [1.29, 1.82) is 0 Å². The summed E-state index contributed by atoms with van der Waals surface area (Å²) in [6, 6.07) is 7.35. The summed E-state index contributed by atoms with van der Waals surface area (Å²) in [5, 5.41) is 6.65. The summed E-state index contributed by atoms with van der Waals surface area (Å²) in [6.07, 6.45) is 8.85. The van der Waals surface area contributed by atoms with Crippen molar-refractivity contribution in [3.63, 3.8) is 0 Å². The molecule has 0 atom stereocenters. The minimum Gasteiger partial charge on any atom is -0.465 e. The van der Waals surface area contributed by atoms with Gasteiger partial charge in [-0.3, -0.25) is 0 Å². The van der Waals surface area contributed by atoms with E-state index in [0.29, 0.717) is 28.9 Å². The molecule has 0 unspecified atom stereocenters. The first-order chi connectivity index (χ1) is 12.7. The fourth-order valence-corrected chi connectivity index (χ4v) is 3.17. The third-order valence-electron chi connectivity index (χ3n) is 4.65. The van der Waals surface area contributed by atoms with Gasteiger partial charge in [0.15, 0.2) is 11.6 Å². The summed E-state index contributed by atoms with van der Waals surface area (Å²) in [7, 11) is 1.36. The van der Waals surface area contributed by atoms with Gasteiger partial charge in [-0.25, -0.2) is 14.8 Å². The maximum atomic E-state index is 11.5. The van der Waals surface area contributed by atoms with Crippen LogP contribution in [0.3, 0.4) is 0 Å². The summed E-state index contributed by atoms with van der Waals surface area (Å²) < 4.78 is 4.70. The number of nitrogen functional groups attached to an aromatic ring is 1. The van der Waals surface area contributed by atoms with E-state index >= 15 is 0 Å². The molecule has 4 N–H and O–H groups in total. The summed E-state index contributed by atoms with van der Waals surface area (Å²) in [4.78, 5) is 20.0. The third-order valence-corrected chi connectivity index (χ3v) is 4.65. The molecule has 1 fully saturated rings. The van der Waals surface area contributed by atoms with Crippen molar-refractivity contribution in [1.82, 2.24) is 9.97 Å². The number of nitrogens with two attached hydrogens (primary N) is 1. The van der Waals surface area contributed by atoms with Crippen LogP contribution in [0, 0.1) is 0 Å². The van der Waals surface area contributed by atoms with E-state index in [1.165, 1.54) is 39.1 Å². The van der Waals surface area contributed by atoms with Crippen LogP contribution in [-0.2, 0) is 4.74 Å². The lowest BCUT2D eigenvalue weighted by Crippen LogP contribution is -2.20. The Kier molecular flexibility index (Phi) is 5.88. The number of aromatic nitrogens is 2. The maximum absolute atomic E-state index is 11.5. The molecular formula is C19H25N5O2. The van der Waals surface area contributed by atoms with E-state index in [1.807, 2.05) is 0 Å². The molecule has 0 amide bonds. The van der Waals surface area contributed by atoms with Crippen molar-refractivity contribution in [2.24, 2.45) is 0 Å². The number of methoxy groups -OCH3 is 1. The molecule has 7 heteroatoms. The first kappa shape index (κ1) is 18.0. The highest BCUT2D eigenvalue weighted by Crippen LogP contribution is 2.28. The smallest absolute Gasteiger partial charge is 0.337 e. The van der Waals surface area contributed by atoms with Gasteiger partial charge in [0.25, 0.3) is 0 Å². The number of esters is 1. The number of nitrogens with one attached hydrogen (secondary N) is 2. The molecule has 7 nitrogen and oxygen atoms in total. The van der Waals surface area contributed by atoms with E-state index in [4.69, 9.17) is 10.5 Å². The molecule has 1 aromatic carbocycles. The first-order valence-electron chi connectivity index (χ1n) is 9.00. The number of carbonyl (C=O) groups excluding carboxylic acids is 1. The van der Waals surface area contributed by atoms with Crippen molar-refractivity contribution < 1.29 is 9.53 Å². The quantitative estimate of drug-likeness (QED) is 0.555. The second-order valence-electron chi connectivity index (χ2n) is 6.51. The van der Waals surface area contributed by atoms with Crippen LogP contribution in [0.1, 0.15) is 48.9 Å². The lowest BCUT2D eigenvalue weighted by atomic mass is 10.1. The Balaban J connectivity index is 1.71. The van der Waals surface area contributed by atoms with Gasteiger partial charge >= 0.3 is 5.97 Å². The number of hydrogen-bond donors (Lipinski definition) is 3. The van der Waals surface area contributed by atoms with Crippen molar-refractivity contribution in [2.75, 3.05) is 23.5 Å². The Morgan fingerprint density at radius 3 is 2.38 bits per heavy atom. The number of nitrogens with zero attached hydrogens (tertiary/aromatic N) is 2. The molecule has 0 radical (unpaired) electrons. The predicted molar refractivity (Wildman–Crippen MR) is 103 cm³/mol. The minimum absolute atomic E-state index is 0.368. The van der Waals surface area contributed by atoms with Gasteiger partial charge < -0.3 is 21.1 Å². The highest BCUT2D eigenvalue weighted by Gasteiger charge is 2.16. The van der Waals surface area contributed by atoms with Gasteiger partial charge in [-0.1, -0.05) is 25.7 Å². The molecule has 26 heavy (non-hydrogen) atoms. The van der Waals surface area contributed by atoms with E-state index < -0.39 is 0 Å². The largest absolute Gasteiger partial charge is 0.465 e. The Morgan fingerprint density at radius 2 is 1.73 bits per heavy atom. The van der Waals surface area contributed by atoms with Crippen molar-refractivity contribution >= 4 is 29.0 Å². The second-order valence-corrected chi connectivity index (χ2v) is 6.51. The molecular weight excluding hydrogens is 330 g/mol. The highest BCUT2D eigenvalue weighted by atomic mass is 16.5. The van der Waals surface area contributed by atoms with Crippen LogP contribution in [0.5, 0.6) is 0 Å². The molecule has 1 saturated carbocycles. The summed E-state index contributed by atoms with van der Waals surface area (Å²) in [5.41, 5.74) is 8.03. The molecule has 0 spiro atoms. The molecule has 138 valence electrons. The zero-order valence-electron chi connectivity index (χ0n) is 15.0. The molecule has 0 saturated heterocycles. The van der Waals surface area contributed by atoms with Crippen LogP contribution >= 0.6 is 0 Å². The van der Waals surface area contributed by atoms with Gasteiger partial charge in [-0.05, 0) is 37.1 Å². The van der Waals surface area contributed by atoms with Gasteiger partial charge in [0.2, 0.25) is 0 Å². The number of benzene rings is 1. The predicted octanol–water partition coefficient (Wildman–Crippen LogP) is 3.72. The summed E-state index contributed by atoms with van der Waals surface area (Å²) >= 11 is 0. The number of carbonyl (C=O) groups is 1. The van der Waals surface area contributed by atoms with E-state index in [-0.39, 0.29) is 5.97 Å². The molecule has 0 bridgehead atoms. The maximum Gasteiger partial charge on any atom is 0.337 e. The average molecular weight is 355 g/mol. The van der Waals surface area contributed by atoms with Crippen LogP contribution in [0.4, 0.5) is 23.0 Å².